The molecule has 0 aliphatic rings. The Kier molecular flexibility index (Phi) is 6.58. The summed E-state index contributed by atoms with van der Waals surface area (Å²) >= 11 is 0. The molecule has 2 heterocycles. The summed E-state index contributed by atoms with van der Waals surface area (Å²) in [6.45, 7) is 2.03. The van der Waals surface area contributed by atoms with Gasteiger partial charge < -0.3 is 14.9 Å². The van der Waals surface area contributed by atoms with E-state index in [1.807, 2.05) is 84.9 Å². The number of rotatable bonds is 7. The highest BCUT2D eigenvalue weighted by molar-refractivity contribution is 6.03. The molecule has 0 saturated carbocycles. The van der Waals surface area contributed by atoms with Crippen LogP contribution in [0.4, 0.5) is 0 Å². The number of hydrogen-bond donors (Lipinski definition) is 1. The van der Waals surface area contributed by atoms with E-state index < -0.39 is 12.0 Å². The number of hydrogen-bond acceptors (Lipinski definition) is 5. The van der Waals surface area contributed by atoms with Gasteiger partial charge in [-0.05, 0) is 41.8 Å². The molecule has 0 saturated heterocycles. The molecule has 0 aliphatic heterocycles. The van der Waals surface area contributed by atoms with Crippen LogP contribution < -0.4 is 5.73 Å². The molecule has 5 nitrogen and oxygen atoms in total. The third-order valence-electron chi connectivity index (χ3n) is 5.12. The average molecular weight is 425 g/mol. The van der Waals surface area contributed by atoms with Crippen molar-refractivity contribution in [2.24, 2.45) is 5.73 Å². The van der Waals surface area contributed by atoms with Crippen LogP contribution in [0.2, 0.25) is 0 Å². The Labute approximate surface area is 187 Å². The van der Waals surface area contributed by atoms with Gasteiger partial charge in [-0.25, -0.2) is 4.79 Å². The lowest BCUT2D eigenvalue weighted by molar-refractivity contribution is -0.138. The molecule has 0 fully saturated rings. The summed E-state index contributed by atoms with van der Waals surface area (Å²) in [6, 6.07) is 26.1. The highest BCUT2D eigenvalue weighted by atomic mass is 16.5. The van der Waals surface area contributed by atoms with Crippen LogP contribution in [-0.4, -0.2) is 17.6 Å². The van der Waals surface area contributed by atoms with Crippen molar-refractivity contribution in [2.45, 2.75) is 13.0 Å². The SMILES string of the molecule is CCOC(=O)C(=C(c1ccccc1)c1ccccc1)C(N)c1ccc(-c2ccco2)nc1. The summed E-state index contributed by atoms with van der Waals surface area (Å²) in [5.41, 5.74) is 11.0. The molecule has 32 heavy (non-hydrogen) atoms. The number of benzene rings is 2. The Balaban J connectivity index is 1.86. The number of aromatic nitrogens is 1. The Morgan fingerprint density at radius 1 is 0.938 bits per heavy atom. The number of ether oxygens (including phenoxy) is 1. The first-order valence-electron chi connectivity index (χ1n) is 10.5. The molecule has 1 atom stereocenters. The van der Waals surface area contributed by atoms with Crippen molar-refractivity contribution in [1.82, 2.24) is 4.98 Å². The minimum Gasteiger partial charge on any atom is -0.463 e. The number of pyridine rings is 1. The van der Waals surface area contributed by atoms with Crippen molar-refractivity contribution in [1.29, 1.82) is 0 Å². The fourth-order valence-corrected chi connectivity index (χ4v) is 3.61. The van der Waals surface area contributed by atoms with Gasteiger partial charge >= 0.3 is 5.97 Å². The smallest absolute Gasteiger partial charge is 0.336 e. The first kappa shape index (κ1) is 21.3. The standard InChI is InChI=1S/C27H24N2O3/c1-2-31-27(30)25(24(19-10-5-3-6-11-19)20-12-7-4-8-13-20)26(28)21-15-16-22(29-18-21)23-14-9-17-32-23/h3-18,26H,2,28H2,1H3. The van der Waals surface area contributed by atoms with Gasteiger partial charge in [-0.15, -0.1) is 0 Å². The van der Waals surface area contributed by atoms with E-state index in [0.29, 0.717) is 22.6 Å². The molecule has 0 aliphatic carbocycles. The summed E-state index contributed by atoms with van der Waals surface area (Å²) in [6.07, 6.45) is 3.28. The van der Waals surface area contributed by atoms with E-state index in [2.05, 4.69) is 4.98 Å². The van der Waals surface area contributed by atoms with E-state index in [0.717, 1.165) is 16.7 Å². The summed E-state index contributed by atoms with van der Waals surface area (Å²) in [7, 11) is 0. The van der Waals surface area contributed by atoms with Gasteiger partial charge in [0.2, 0.25) is 0 Å². The minimum absolute atomic E-state index is 0.252. The number of furan rings is 1. The molecule has 4 aromatic rings. The van der Waals surface area contributed by atoms with Crippen molar-refractivity contribution >= 4 is 11.5 Å². The Morgan fingerprint density at radius 2 is 1.59 bits per heavy atom. The van der Waals surface area contributed by atoms with E-state index >= 15 is 0 Å². The molecule has 2 N–H and O–H groups in total. The normalized spacial score (nSPS) is 11.6. The first-order valence-corrected chi connectivity index (χ1v) is 10.5. The van der Waals surface area contributed by atoms with Crippen LogP contribution in [0.25, 0.3) is 17.0 Å². The number of nitrogens with two attached hydrogens (primary N) is 1. The highest BCUT2D eigenvalue weighted by Crippen LogP contribution is 2.34. The number of esters is 1. The molecule has 160 valence electrons. The molecule has 0 radical (unpaired) electrons. The molecule has 2 aromatic heterocycles. The molecule has 0 bridgehead atoms. The number of carbonyl (C=O) groups is 1. The minimum atomic E-state index is -0.734. The average Bonchev–Trinajstić information content (AvgIpc) is 3.38. The van der Waals surface area contributed by atoms with Gasteiger partial charge in [0.1, 0.15) is 5.69 Å². The molecular formula is C27H24N2O3. The van der Waals surface area contributed by atoms with E-state index in [4.69, 9.17) is 14.9 Å². The van der Waals surface area contributed by atoms with Gasteiger partial charge in [-0.1, -0.05) is 66.7 Å². The van der Waals surface area contributed by atoms with Gasteiger partial charge in [0.05, 0.1) is 24.5 Å². The second-order valence-electron chi connectivity index (χ2n) is 7.17. The topological polar surface area (TPSA) is 78.4 Å². The molecule has 0 spiro atoms. The second kappa shape index (κ2) is 9.90. The summed E-state index contributed by atoms with van der Waals surface area (Å²) < 4.78 is 10.9. The lowest BCUT2D eigenvalue weighted by Gasteiger charge is -2.21. The third-order valence-corrected chi connectivity index (χ3v) is 5.12. The Bertz CT molecular complexity index is 1140. The van der Waals surface area contributed by atoms with Crippen molar-refractivity contribution in [3.8, 4) is 11.5 Å². The zero-order chi connectivity index (χ0) is 22.3. The van der Waals surface area contributed by atoms with Crippen LogP contribution >= 0.6 is 0 Å². The number of nitrogens with zero attached hydrogens (tertiary/aromatic N) is 1. The van der Waals surface area contributed by atoms with Crippen LogP contribution in [-0.2, 0) is 9.53 Å². The second-order valence-corrected chi connectivity index (χ2v) is 7.17. The predicted octanol–water partition coefficient (Wildman–Crippen LogP) is 5.41. The van der Waals surface area contributed by atoms with Crippen LogP contribution in [0.3, 0.4) is 0 Å². The summed E-state index contributed by atoms with van der Waals surface area (Å²) in [5, 5.41) is 0. The lowest BCUT2D eigenvalue weighted by atomic mass is 9.87. The fraction of sp³-hybridized carbons (Fsp3) is 0.111. The van der Waals surface area contributed by atoms with Crippen LogP contribution in [0.1, 0.15) is 29.7 Å². The van der Waals surface area contributed by atoms with Gasteiger partial charge in [0.15, 0.2) is 5.76 Å². The van der Waals surface area contributed by atoms with Crippen LogP contribution in [0.5, 0.6) is 0 Å². The molecule has 5 heteroatoms. The number of carbonyl (C=O) groups excluding carboxylic acids is 1. The largest absolute Gasteiger partial charge is 0.463 e. The van der Waals surface area contributed by atoms with Crippen LogP contribution in [0, 0.1) is 0 Å². The maximum absolute atomic E-state index is 13.2. The van der Waals surface area contributed by atoms with Gasteiger partial charge in [-0.3, -0.25) is 4.98 Å². The van der Waals surface area contributed by atoms with Crippen molar-refractivity contribution in [3.05, 3.63) is 120 Å². The van der Waals surface area contributed by atoms with E-state index in [9.17, 15) is 4.79 Å². The molecular weight excluding hydrogens is 400 g/mol. The van der Waals surface area contributed by atoms with Gasteiger partial charge in [-0.2, -0.15) is 0 Å². The zero-order valence-corrected chi connectivity index (χ0v) is 17.8. The molecule has 0 amide bonds. The predicted molar refractivity (Wildman–Crippen MR) is 124 cm³/mol. The van der Waals surface area contributed by atoms with Gasteiger partial charge in [0.25, 0.3) is 0 Å². The summed E-state index contributed by atoms with van der Waals surface area (Å²) in [5.74, 6) is 0.221. The first-order chi connectivity index (χ1) is 15.7. The molecule has 2 aromatic carbocycles. The van der Waals surface area contributed by atoms with Crippen molar-refractivity contribution in [3.63, 3.8) is 0 Å². The van der Waals surface area contributed by atoms with Crippen molar-refractivity contribution in [2.75, 3.05) is 6.61 Å². The quantitative estimate of drug-likeness (QED) is 0.317. The molecule has 4 rings (SSSR count). The Morgan fingerprint density at radius 3 is 2.09 bits per heavy atom. The lowest BCUT2D eigenvalue weighted by Crippen LogP contribution is -2.23. The Hall–Kier alpha value is -3.96. The maximum atomic E-state index is 13.2. The molecule has 1 unspecified atom stereocenters. The van der Waals surface area contributed by atoms with Crippen molar-refractivity contribution < 1.29 is 13.9 Å². The third kappa shape index (κ3) is 4.53. The summed E-state index contributed by atoms with van der Waals surface area (Å²) in [4.78, 5) is 17.7. The zero-order valence-electron chi connectivity index (χ0n) is 17.8. The fourth-order valence-electron chi connectivity index (χ4n) is 3.61. The maximum Gasteiger partial charge on any atom is 0.336 e. The van der Waals surface area contributed by atoms with Gasteiger partial charge in [0, 0.05) is 11.8 Å². The van der Waals surface area contributed by atoms with E-state index in [-0.39, 0.29) is 6.61 Å². The van der Waals surface area contributed by atoms with Crippen LogP contribution in [0.15, 0.2) is 107 Å². The van der Waals surface area contributed by atoms with E-state index in [1.165, 1.54) is 0 Å². The highest BCUT2D eigenvalue weighted by Gasteiger charge is 2.27. The van der Waals surface area contributed by atoms with E-state index in [1.54, 1.807) is 19.4 Å². The monoisotopic (exact) mass is 424 g/mol.